The number of aromatic nitrogens is 2. The number of thiol groups is 2. The first-order valence-electron chi connectivity index (χ1n) is 19.1. The lowest BCUT2D eigenvalue weighted by atomic mass is 9.82. The summed E-state index contributed by atoms with van der Waals surface area (Å²) in [6, 6.07) is 22.7. The molecule has 1 aliphatic heterocycles. The van der Waals surface area contributed by atoms with Crippen molar-refractivity contribution >= 4 is 58.4 Å². The zero-order valence-electron chi connectivity index (χ0n) is 31.4. The molecule has 0 aliphatic carbocycles. The summed E-state index contributed by atoms with van der Waals surface area (Å²) in [6.07, 6.45) is 10.4. The number of hydrogen-bond donors (Lipinski definition) is 6. The predicted octanol–water partition coefficient (Wildman–Crippen LogP) is 11.0. The first kappa shape index (κ1) is 37.7. The van der Waals surface area contributed by atoms with E-state index in [1.54, 1.807) is 12.1 Å². The van der Waals surface area contributed by atoms with Crippen molar-refractivity contribution in [2.24, 2.45) is 10.2 Å². The van der Waals surface area contributed by atoms with Crippen molar-refractivity contribution in [1.82, 2.24) is 13.6 Å². The van der Waals surface area contributed by atoms with Crippen molar-refractivity contribution < 1.29 is 20.4 Å². The van der Waals surface area contributed by atoms with E-state index < -0.39 is 9.99 Å². The number of aryl methyl sites for hydroxylation is 4. The molecule has 7 rings (SSSR count). The van der Waals surface area contributed by atoms with E-state index in [1.165, 1.54) is 12.1 Å². The highest BCUT2D eigenvalue weighted by molar-refractivity contribution is 8.00. The van der Waals surface area contributed by atoms with Crippen LogP contribution in [0.1, 0.15) is 82.1 Å². The molecule has 1 aliphatic rings. The average molecular weight is 765 g/mol. The molecule has 282 valence electrons. The van der Waals surface area contributed by atoms with E-state index in [4.69, 9.17) is 35.5 Å². The number of aromatic hydroxyl groups is 4. The number of azo groups is 1. The van der Waals surface area contributed by atoms with E-state index >= 15 is 0 Å². The number of phenols is 4. The summed E-state index contributed by atoms with van der Waals surface area (Å²) in [6.45, 7) is 9.88. The second-order valence-electron chi connectivity index (χ2n) is 14.3. The van der Waals surface area contributed by atoms with Crippen molar-refractivity contribution in [2.75, 3.05) is 0 Å². The van der Waals surface area contributed by atoms with Gasteiger partial charge in [0.05, 0.1) is 32.9 Å². The maximum absolute atomic E-state index is 12.2. The monoisotopic (exact) mass is 764 g/mol. The van der Waals surface area contributed by atoms with Gasteiger partial charge >= 0.3 is 4.33 Å². The second-order valence-corrected chi connectivity index (χ2v) is 15.9. The molecular formula is C43H50N5O4S2+. The molecule has 0 amide bonds. The van der Waals surface area contributed by atoms with Crippen LogP contribution in [0.4, 0.5) is 11.4 Å². The number of unbranched alkanes of at least 4 members (excludes halogenated alkanes) is 3. The maximum atomic E-state index is 12.2. The summed E-state index contributed by atoms with van der Waals surface area (Å²) in [5.41, 5.74) is 3.38. The highest BCUT2D eigenvalue weighted by Gasteiger charge is 2.73. The van der Waals surface area contributed by atoms with Crippen LogP contribution in [-0.4, -0.2) is 33.9 Å². The molecule has 4 aromatic carbocycles. The first-order chi connectivity index (χ1) is 26.0. The number of phenolic OH excluding ortho intramolecular Hbond substituents is 4. The van der Waals surface area contributed by atoms with Gasteiger partial charge in [0, 0.05) is 49.7 Å². The van der Waals surface area contributed by atoms with E-state index in [2.05, 4.69) is 59.6 Å². The van der Waals surface area contributed by atoms with Crippen molar-refractivity contribution in [3.05, 3.63) is 107 Å². The largest absolute Gasteiger partial charge is 0.508 e. The molecular weight excluding hydrogens is 715 g/mol. The van der Waals surface area contributed by atoms with E-state index in [-0.39, 0.29) is 38.6 Å². The Bertz CT molecular complexity index is 2320. The van der Waals surface area contributed by atoms with Gasteiger partial charge in [-0.15, -0.1) is 5.11 Å². The van der Waals surface area contributed by atoms with Gasteiger partial charge in [0.25, 0.3) is 5.66 Å². The van der Waals surface area contributed by atoms with Crippen molar-refractivity contribution in [3.63, 3.8) is 0 Å². The average Bonchev–Trinajstić information content (AvgIpc) is 3.84. The molecule has 0 radical (unpaired) electrons. The summed E-state index contributed by atoms with van der Waals surface area (Å²) in [4.78, 5) is 0. The topological polar surface area (TPSA) is 116 Å². The maximum Gasteiger partial charge on any atom is 0.314 e. The van der Waals surface area contributed by atoms with Crippen LogP contribution in [0, 0.1) is 0 Å². The third kappa shape index (κ3) is 5.57. The lowest BCUT2D eigenvalue weighted by Gasteiger charge is -2.50. The fourth-order valence-electron chi connectivity index (χ4n) is 8.53. The highest BCUT2D eigenvalue weighted by atomic mass is 32.2. The molecule has 4 N–H and O–H groups in total. The van der Waals surface area contributed by atoms with Crippen LogP contribution in [0.5, 0.6) is 23.0 Å². The molecule has 54 heavy (non-hydrogen) atoms. The molecule has 2 aromatic heterocycles. The summed E-state index contributed by atoms with van der Waals surface area (Å²) in [5.74, 6) is -0.605. The Labute approximate surface area is 327 Å². The summed E-state index contributed by atoms with van der Waals surface area (Å²) >= 11 is 10.7. The molecule has 1 unspecified atom stereocenters. The van der Waals surface area contributed by atoms with Gasteiger partial charge in [-0.1, -0.05) is 89.5 Å². The van der Waals surface area contributed by atoms with E-state index in [0.717, 1.165) is 78.4 Å². The molecule has 6 aromatic rings. The molecule has 0 spiro atoms. The van der Waals surface area contributed by atoms with Crippen LogP contribution in [0.15, 0.2) is 95.4 Å². The van der Waals surface area contributed by atoms with E-state index in [1.807, 2.05) is 38.1 Å². The van der Waals surface area contributed by atoms with Gasteiger partial charge in [0.15, 0.2) is 11.4 Å². The molecule has 0 saturated heterocycles. The van der Waals surface area contributed by atoms with Gasteiger partial charge < -0.3 is 29.6 Å². The Morgan fingerprint density at radius 3 is 1.54 bits per heavy atom. The standard InChI is InChI=1S/C43H49N5O4S2/c1-5-9-11-21-47-23-19-31-35(47)15-13-17-37(31)48(36-16-12-14-34-30(36)18-22-46(34)20-10-6-2)42(44-45-43(48,53)54,32-24-28(7-3)38(49)26-40(32)51)33-25-29(8-4)39(50)27-41(33)52/h12-19,22-27H,5-11,20-21H2,1-4H3,(H5-,49,50,51,52,53,54)/p+1. The van der Waals surface area contributed by atoms with Gasteiger partial charge in [-0.25, -0.2) is 0 Å². The Kier molecular flexibility index (Phi) is 10.2. The third-order valence-electron chi connectivity index (χ3n) is 11.2. The Balaban J connectivity index is 1.73. The number of nitrogens with zero attached hydrogens (tertiary/aromatic N) is 5. The highest BCUT2D eigenvalue weighted by Crippen LogP contribution is 2.67. The smallest absolute Gasteiger partial charge is 0.314 e. The second kappa shape index (κ2) is 14.6. The van der Waals surface area contributed by atoms with Gasteiger partial charge in [-0.2, -0.15) is 4.48 Å². The lowest BCUT2D eigenvalue weighted by molar-refractivity contribution is 0.221. The fraction of sp³-hybridized carbons (Fsp3) is 0.349. The Morgan fingerprint density at radius 2 is 1.07 bits per heavy atom. The third-order valence-corrected chi connectivity index (χ3v) is 12.0. The van der Waals surface area contributed by atoms with Gasteiger partial charge in [0.1, 0.15) is 23.0 Å². The van der Waals surface area contributed by atoms with Crippen LogP contribution in [-0.2, 0) is 31.6 Å². The minimum atomic E-state index is -1.81. The number of quaternary nitrogens is 1. The zero-order valence-corrected chi connectivity index (χ0v) is 33.2. The summed E-state index contributed by atoms with van der Waals surface area (Å²) in [7, 11) is 0. The van der Waals surface area contributed by atoms with Crippen molar-refractivity contribution in [3.8, 4) is 23.0 Å². The van der Waals surface area contributed by atoms with Gasteiger partial charge in [-0.05, 0) is 73.2 Å². The lowest BCUT2D eigenvalue weighted by Crippen LogP contribution is -2.64. The fourth-order valence-corrected chi connectivity index (χ4v) is 9.34. The number of rotatable bonds is 13. The van der Waals surface area contributed by atoms with Crippen LogP contribution >= 0.6 is 25.3 Å². The SMILES string of the molecule is CCCCCn1ccc2c([N+]3(c4cccc5c4ccn5CCCC)C(S)(S)N=NC3(c3cc(CC)c(O)cc3O)c3cc(CC)c(O)cc3O)cccc21. The van der Waals surface area contributed by atoms with E-state index in [0.29, 0.717) is 24.0 Å². The summed E-state index contributed by atoms with van der Waals surface area (Å²) in [5, 5.41) is 58.4. The molecule has 0 bridgehead atoms. The number of benzene rings is 4. The van der Waals surface area contributed by atoms with Crippen LogP contribution in [0.2, 0.25) is 0 Å². The zero-order chi connectivity index (χ0) is 38.4. The predicted molar refractivity (Wildman–Crippen MR) is 224 cm³/mol. The quantitative estimate of drug-likeness (QED) is 0.0304. The summed E-state index contributed by atoms with van der Waals surface area (Å²) < 4.78 is 2.50. The molecule has 9 nitrogen and oxygen atoms in total. The minimum absolute atomic E-state index is 0.0597. The minimum Gasteiger partial charge on any atom is -0.508 e. The molecule has 3 heterocycles. The number of fused-ring (bicyclic) bond motifs is 2. The molecule has 0 fully saturated rings. The molecule has 1 atom stereocenters. The van der Waals surface area contributed by atoms with E-state index in [9.17, 15) is 20.4 Å². The first-order valence-corrected chi connectivity index (χ1v) is 20.0. The Hall–Kier alpha value is -4.58. The van der Waals surface area contributed by atoms with Crippen molar-refractivity contribution in [2.45, 2.75) is 95.7 Å². The molecule has 11 heteroatoms. The van der Waals surface area contributed by atoms with Crippen LogP contribution in [0.25, 0.3) is 21.8 Å². The van der Waals surface area contributed by atoms with Crippen molar-refractivity contribution in [1.29, 1.82) is 0 Å². The van der Waals surface area contributed by atoms with Crippen LogP contribution in [0.3, 0.4) is 0 Å². The molecule has 0 saturated carbocycles. The number of hydrogen-bond acceptors (Lipinski definition) is 8. The van der Waals surface area contributed by atoms with Gasteiger partial charge in [0.2, 0.25) is 0 Å². The normalized spacial score (nSPS) is 17.6. The van der Waals surface area contributed by atoms with Gasteiger partial charge in [-0.3, -0.25) is 0 Å². The Morgan fingerprint density at radius 1 is 0.593 bits per heavy atom. The van der Waals surface area contributed by atoms with Crippen LogP contribution < -0.4 is 4.48 Å².